The summed E-state index contributed by atoms with van der Waals surface area (Å²) in [5.41, 5.74) is 0.487. The molecule has 0 aliphatic carbocycles. The van der Waals surface area contributed by atoms with E-state index in [0.717, 1.165) is 9.80 Å². The van der Waals surface area contributed by atoms with Crippen LogP contribution in [-0.2, 0) is 16.0 Å². The van der Waals surface area contributed by atoms with E-state index in [0.29, 0.717) is 12.1 Å². The zero-order valence-corrected chi connectivity index (χ0v) is 12.0. The molecule has 0 aromatic carbocycles. The molecule has 3 N–H and O–H groups in total. The van der Waals surface area contributed by atoms with Crippen molar-refractivity contribution in [2.45, 2.75) is 26.3 Å². The van der Waals surface area contributed by atoms with E-state index in [1.165, 1.54) is 0 Å². The summed E-state index contributed by atoms with van der Waals surface area (Å²) in [4.78, 5) is 56.1. The van der Waals surface area contributed by atoms with Crippen molar-refractivity contribution in [1.29, 1.82) is 0 Å². The Hall–Kier alpha value is -2.91. The maximum absolute atomic E-state index is 12.0. The summed E-state index contributed by atoms with van der Waals surface area (Å²) in [6.45, 7) is 3.25. The van der Waals surface area contributed by atoms with Gasteiger partial charge >= 0.3 is 12.1 Å². The topological polar surface area (TPSA) is 128 Å². The van der Waals surface area contributed by atoms with Crippen LogP contribution in [0.2, 0.25) is 0 Å². The molecule has 2 saturated heterocycles. The Bertz CT molecular complexity index is 680. The molecule has 3 heterocycles. The van der Waals surface area contributed by atoms with Gasteiger partial charge in [0, 0.05) is 0 Å². The zero-order valence-electron chi connectivity index (χ0n) is 12.0. The molecule has 10 heteroatoms. The fourth-order valence-corrected chi connectivity index (χ4v) is 2.37. The number of amides is 6. The van der Waals surface area contributed by atoms with Gasteiger partial charge in [0.05, 0.1) is 12.2 Å². The molecule has 22 heavy (non-hydrogen) atoms. The molecular formula is C12H14N6O4. The minimum Gasteiger partial charge on any atom is -0.328 e. The summed E-state index contributed by atoms with van der Waals surface area (Å²) < 4.78 is 0. The monoisotopic (exact) mass is 306 g/mol. The number of H-pyrrole nitrogens is 1. The van der Waals surface area contributed by atoms with Gasteiger partial charge in [0.2, 0.25) is 5.95 Å². The third kappa shape index (κ3) is 1.91. The van der Waals surface area contributed by atoms with Crippen LogP contribution in [-0.4, -0.2) is 46.4 Å². The largest absolute Gasteiger partial charge is 0.331 e. The second-order valence-electron chi connectivity index (χ2n) is 4.95. The molecule has 0 saturated carbocycles. The van der Waals surface area contributed by atoms with Crippen molar-refractivity contribution >= 4 is 35.6 Å². The van der Waals surface area contributed by atoms with Crippen LogP contribution in [0.3, 0.4) is 0 Å². The number of hydrogen-bond donors (Lipinski definition) is 3. The van der Waals surface area contributed by atoms with E-state index in [1.807, 2.05) is 0 Å². The minimum atomic E-state index is -0.650. The van der Waals surface area contributed by atoms with E-state index in [1.54, 1.807) is 13.8 Å². The summed E-state index contributed by atoms with van der Waals surface area (Å²) in [7, 11) is 0. The number of rotatable bonds is 3. The number of nitrogens with one attached hydrogen (secondary N) is 3. The smallest absolute Gasteiger partial charge is 0.328 e. The van der Waals surface area contributed by atoms with Crippen molar-refractivity contribution in [3.05, 3.63) is 5.69 Å². The highest BCUT2D eigenvalue weighted by molar-refractivity contribution is 6.21. The molecule has 2 aliphatic heterocycles. The summed E-state index contributed by atoms with van der Waals surface area (Å²) in [6.07, 6.45) is 0.443. The second-order valence-corrected chi connectivity index (χ2v) is 4.95. The van der Waals surface area contributed by atoms with Crippen molar-refractivity contribution < 1.29 is 19.2 Å². The molecule has 6 amide bonds. The fourth-order valence-electron chi connectivity index (χ4n) is 2.37. The van der Waals surface area contributed by atoms with Gasteiger partial charge in [-0.15, -0.1) is 0 Å². The number of urea groups is 2. The predicted octanol–water partition coefficient (Wildman–Crippen LogP) is -0.527. The quantitative estimate of drug-likeness (QED) is 0.647. The lowest BCUT2D eigenvalue weighted by atomic mass is 10.3. The lowest BCUT2D eigenvalue weighted by Gasteiger charge is -2.10. The van der Waals surface area contributed by atoms with Crippen molar-refractivity contribution in [1.82, 2.24) is 20.6 Å². The van der Waals surface area contributed by atoms with Gasteiger partial charge in [-0.1, -0.05) is 6.92 Å². The van der Waals surface area contributed by atoms with Gasteiger partial charge in [-0.05, 0) is 13.3 Å². The van der Waals surface area contributed by atoms with Crippen LogP contribution >= 0.6 is 0 Å². The van der Waals surface area contributed by atoms with Gasteiger partial charge in [0.25, 0.3) is 11.8 Å². The van der Waals surface area contributed by atoms with Gasteiger partial charge < -0.3 is 15.6 Å². The maximum Gasteiger partial charge on any atom is 0.331 e. The Morgan fingerprint density at radius 3 is 2.41 bits per heavy atom. The number of nitrogens with zero attached hydrogens (tertiary/aromatic N) is 3. The van der Waals surface area contributed by atoms with Crippen LogP contribution < -0.4 is 20.4 Å². The van der Waals surface area contributed by atoms with Gasteiger partial charge in [-0.25, -0.2) is 14.5 Å². The van der Waals surface area contributed by atoms with Crippen LogP contribution in [0.4, 0.5) is 21.4 Å². The molecule has 0 spiro atoms. The van der Waals surface area contributed by atoms with E-state index >= 15 is 0 Å². The summed E-state index contributed by atoms with van der Waals surface area (Å²) >= 11 is 0. The first-order chi connectivity index (χ1) is 10.4. The Balaban J connectivity index is 2.02. The van der Waals surface area contributed by atoms with E-state index in [2.05, 4.69) is 20.6 Å². The van der Waals surface area contributed by atoms with Crippen molar-refractivity contribution in [3.63, 3.8) is 0 Å². The van der Waals surface area contributed by atoms with E-state index < -0.39 is 29.9 Å². The highest BCUT2D eigenvalue weighted by atomic mass is 16.2. The molecular weight excluding hydrogens is 292 g/mol. The standard InChI is InChI=1S/C12H14N6O4/c1-3-6-8(17-7(19)4-13-11(17)21)16-10(15-6)18-9(20)5(2)14-12(18)22/h5H,3-4H2,1-2H3,(H,13,21)(H,14,22)(H,15,16). The first-order valence-electron chi connectivity index (χ1n) is 6.78. The van der Waals surface area contributed by atoms with Gasteiger partial charge in [-0.3, -0.25) is 9.59 Å². The zero-order chi connectivity index (χ0) is 16.0. The lowest BCUT2D eigenvalue weighted by molar-refractivity contribution is -0.118. The van der Waals surface area contributed by atoms with Crippen LogP contribution in [0.25, 0.3) is 0 Å². The summed E-state index contributed by atoms with van der Waals surface area (Å²) in [6, 6.07) is -1.83. The van der Waals surface area contributed by atoms with Gasteiger partial charge in [-0.2, -0.15) is 9.88 Å². The average molecular weight is 306 g/mol. The predicted molar refractivity (Wildman–Crippen MR) is 74.3 cm³/mol. The van der Waals surface area contributed by atoms with Crippen LogP contribution in [0.1, 0.15) is 19.5 Å². The third-order valence-electron chi connectivity index (χ3n) is 3.50. The Morgan fingerprint density at radius 2 is 1.91 bits per heavy atom. The molecule has 1 unspecified atom stereocenters. The molecule has 0 radical (unpaired) electrons. The van der Waals surface area contributed by atoms with Crippen LogP contribution in [0.5, 0.6) is 0 Å². The van der Waals surface area contributed by atoms with Crippen molar-refractivity contribution in [3.8, 4) is 0 Å². The Kier molecular flexibility index (Phi) is 3.08. The second kappa shape index (κ2) is 4.83. The fraction of sp³-hybridized carbons (Fsp3) is 0.417. The number of aromatic amines is 1. The molecule has 2 aliphatic rings. The number of carbonyl (C=O) groups excluding carboxylic acids is 4. The van der Waals surface area contributed by atoms with Crippen LogP contribution in [0.15, 0.2) is 0 Å². The summed E-state index contributed by atoms with van der Waals surface area (Å²) in [5.74, 6) is -0.794. The van der Waals surface area contributed by atoms with Crippen molar-refractivity contribution in [2.24, 2.45) is 0 Å². The Morgan fingerprint density at radius 1 is 1.18 bits per heavy atom. The summed E-state index contributed by atoms with van der Waals surface area (Å²) in [5, 5.41) is 4.86. The number of imide groups is 2. The highest BCUT2D eigenvalue weighted by Crippen LogP contribution is 2.26. The number of anilines is 2. The van der Waals surface area contributed by atoms with E-state index in [-0.39, 0.29) is 18.3 Å². The molecule has 1 aromatic heterocycles. The minimum absolute atomic E-state index is 0.00815. The van der Waals surface area contributed by atoms with E-state index in [9.17, 15) is 19.2 Å². The molecule has 10 nitrogen and oxygen atoms in total. The van der Waals surface area contributed by atoms with Gasteiger partial charge in [0.15, 0.2) is 5.82 Å². The number of hydrogen-bond acceptors (Lipinski definition) is 5. The number of aryl methyl sites for hydroxylation is 1. The highest BCUT2D eigenvalue weighted by Gasteiger charge is 2.40. The number of aromatic nitrogens is 2. The first kappa shape index (κ1) is 14.0. The number of imidazole rings is 1. The molecule has 1 atom stereocenters. The molecule has 0 bridgehead atoms. The lowest BCUT2D eigenvalue weighted by Crippen LogP contribution is -2.33. The third-order valence-corrected chi connectivity index (χ3v) is 3.50. The van der Waals surface area contributed by atoms with Crippen LogP contribution in [0, 0.1) is 0 Å². The first-order valence-corrected chi connectivity index (χ1v) is 6.78. The van der Waals surface area contributed by atoms with Gasteiger partial charge in [0.1, 0.15) is 6.04 Å². The molecule has 3 rings (SSSR count). The SMILES string of the molecule is CCc1[nH]c(N2C(=O)NC(C)C2=O)nc1N1C(=O)CNC1=O. The normalized spacial score (nSPS) is 21.6. The molecule has 1 aromatic rings. The average Bonchev–Trinajstić information content (AvgIpc) is 3.08. The van der Waals surface area contributed by atoms with E-state index in [4.69, 9.17) is 0 Å². The maximum atomic E-state index is 12.0. The number of carbonyl (C=O) groups is 4. The molecule has 2 fully saturated rings. The van der Waals surface area contributed by atoms with Crippen molar-refractivity contribution in [2.75, 3.05) is 16.3 Å². The molecule has 116 valence electrons. The Labute approximate surface area is 124 Å².